The number of ether oxygens (including phenoxy) is 2. The zero-order valence-corrected chi connectivity index (χ0v) is 17.4. The third-order valence-corrected chi connectivity index (χ3v) is 3.89. The molecule has 0 unspecified atom stereocenters. The fraction of sp³-hybridized carbons (Fsp3) is 0.250. The highest BCUT2D eigenvalue weighted by Crippen LogP contribution is 2.31. The van der Waals surface area contributed by atoms with Crippen molar-refractivity contribution >= 4 is 17.6 Å². The van der Waals surface area contributed by atoms with Crippen LogP contribution in [0.5, 0.6) is 11.8 Å². The molecular formula is C20H16F6N6O2. The first-order chi connectivity index (χ1) is 16.0. The van der Waals surface area contributed by atoms with Crippen molar-refractivity contribution in [2.75, 3.05) is 11.9 Å². The van der Waals surface area contributed by atoms with E-state index in [2.05, 4.69) is 35.2 Å². The maximum Gasteiger partial charge on any atom is 0.573 e. The predicted molar refractivity (Wildman–Crippen MR) is 107 cm³/mol. The molecule has 1 heterocycles. The summed E-state index contributed by atoms with van der Waals surface area (Å²) in [4.78, 5) is 11.9. The van der Waals surface area contributed by atoms with Crippen LogP contribution >= 0.6 is 0 Å². The first kappa shape index (κ1) is 24.7. The fourth-order valence-corrected chi connectivity index (χ4v) is 2.52. The van der Waals surface area contributed by atoms with Crippen LogP contribution in [0.25, 0.3) is 0 Å². The van der Waals surface area contributed by atoms with Crippen molar-refractivity contribution in [3.63, 3.8) is 0 Å². The van der Waals surface area contributed by atoms with E-state index in [0.717, 1.165) is 24.3 Å². The Hall–Kier alpha value is -3.97. The van der Waals surface area contributed by atoms with Gasteiger partial charge in [0.05, 0.1) is 18.7 Å². The van der Waals surface area contributed by atoms with Crippen molar-refractivity contribution in [2.24, 2.45) is 10.2 Å². The van der Waals surface area contributed by atoms with Gasteiger partial charge in [-0.3, -0.25) is 0 Å². The molecule has 1 aromatic heterocycles. The molecule has 0 aliphatic heterocycles. The summed E-state index contributed by atoms with van der Waals surface area (Å²) in [7, 11) is 0. The molecule has 0 radical (unpaired) electrons. The Morgan fingerprint density at radius 3 is 2.32 bits per heavy atom. The molecule has 0 saturated carbocycles. The lowest BCUT2D eigenvalue weighted by Gasteiger charge is -2.10. The van der Waals surface area contributed by atoms with Gasteiger partial charge in [0, 0.05) is 5.69 Å². The molecule has 0 spiro atoms. The van der Waals surface area contributed by atoms with Gasteiger partial charge in [0.1, 0.15) is 5.75 Å². The minimum absolute atomic E-state index is 0.0155. The molecule has 0 aliphatic rings. The molecule has 0 bridgehead atoms. The molecule has 0 atom stereocenters. The average molecular weight is 486 g/mol. The molecule has 3 aromatic rings. The normalized spacial score (nSPS) is 12.1. The summed E-state index contributed by atoms with van der Waals surface area (Å²) in [5.41, 5.74) is -0.254. The van der Waals surface area contributed by atoms with Crippen molar-refractivity contribution in [1.29, 1.82) is 0 Å². The minimum atomic E-state index is -4.79. The van der Waals surface area contributed by atoms with E-state index in [-0.39, 0.29) is 42.5 Å². The van der Waals surface area contributed by atoms with Gasteiger partial charge < -0.3 is 14.8 Å². The van der Waals surface area contributed by atoms with Gasteiger partial charge in [-0.05, 0) is 42.8 Å². The van der Waals surface area contributed by atoms with Crippen molar-refractivity contribution in [3.05, 3.63) is 59.7 Å². The summed E-state index contributed by atoms with van der Waals surface area (Å²) < 4.78 is 84.5. The van der Waals surface area contributed by atoms with Crippen LogP contribution in [0.1, 0.15) is 18.1 Å². The van der Waals surface area contributed by atoms with Gasteiger partial charge in [-0.2, -0.15) is 33.2 Å². The lowest BCUT2D eigenvalue weighted by Crippen LogP contribution is -2.16. The topological polar surface area (TPSA) is 93.9 Å². The van der Waals surface area contributed by atoms with Crippen LogP contribution in [-0.2, 0) is 12.7 Å². The molecule has 180 valence electrons. The number of nitrogens with zero attached hydrogens (tertiary/aromatic N) is 5. The summed E-state index contributed by atoms with van der Waals surface area (Å²) in [6.07, 6.45) is -9.32. The standard InChI is InChI=1S/C20H16F6N6O2/c1-2-33-18-30-16(28-14-5-3-4-13(10-14)19(21,22)23)29-17(31-18)32-27-11-12-6-8-15(9-7-12)34-20(24,25)26/h3-10H,2,11H2,1H3,(H,28,29,30,31). The molecule has 14 heteroatoms. The van der Waals surface area contributed by atoms with E-state index >= 15 is 0 Å². The first-order valence-corrected chi connectivity index (χ1v) is 9.57. The molecule has 0 saturated heterocycles. The van der Waals surface area contributed by atoms with Crippen LogP contribution in [-0.4, -0.2) is 27.9 Å². The van der Waals surface area contributed by atoms with E-state index in [1.54, 1.807) is 6.92 Å². The smallest absolute Gasteiger partial charge is 0.464 e. The van der Waals surface area contributed by atoms with E-state index in [0.29, 0.717) is 5.56 Å². The molecule has 0 fully saturated rings. The number of azo groups is 1. The van der Waals surface area contributed by atoms with Crippen LogP contribution in [0, 0.1) is 0 Å². The Morgan fingerprint density at radius 2 is 1.68 bits per heavy atom. The van der Waals surface area contributed by atoms with Gasteiger partial charge >= 0.3 is 18.5 Å². The number of rotatable bonds is 8. The molecule has 2 aromatic carbocycles. The summed E-state index contributed by atoms with van der Waals surface area (Å²) in [6, 6.07) is 9.31. The van der Waals surface area contributed by atoms with Crippen molar-refractivity contribution in [3.8, 4) is 11.8 Å². The molecule has 0 amide bonds. The number of hydrogen-bond acceptors (Lipinski definition) is 8. The van der Waals surface area contributed by atoms with Crippen LogP contribution < -0.4 is 14.8 Å². The Kier molecular flexibility index (Phi) is 7.48. The largest absolute Gasteiger partial charge is 0.573 e. The summed E-state index contributed by atoms with van der Waals surface area (Å²) in [5, 5.41) is 10.4. The summed E-state index contributed by atoms with van der Waals surface area (Å²) >= 11 is 0. The Balaban J connectivity index is 1.74. The first-order valence-electron chi connectivity index (χ1n) is 9.57. The second-order valence-corrected chi connectivity index (χ2v) is 6.47. The highest BCUT2D eigenvalue weighted by atomic mass is 19.4. The van der Waals surface area contributed by atoms with Crippen LogP contribution in [0.4, 0.5) is 43.9 Å². The Labute approximate surface area is 188 Å². The number of halogens is 6. The van der Waals surface area contributed by atoms with E-state index < -0.39 is 18.1 Å². The van der Waals surface area contributed by atoms with E-state index in [9.17, 15) is 26.3 Å². The quantitative estimate of drug-likeness (QED) is 0.300. The summed E-state index contributed by atoms with van der Waals surface area (Å²) in [5.74, 6) is -0.692. The zero-order valence-electron chi connectivity index (χ0n) is 17.4. The third kappa shape index (κ3) is 7.56. The number of hydrogen-bond donors (Lipinski definition) is 1. The van der Waals surface area contributed by atoms with Crippen LogP contribution in [0.15, 0.2) is 58.8 Å². The number of nitrogens with one attached hydrogen (secondary N) is 1. The predicted octanol–water partition coefficient (Wildman–Crippen LogP) is 6.22. The highest BCUT2D eigenvalue weighted by molar-refractivity contribution is 5.55. The van der Waals surface area contributed by atoms with Gasteiger partial charge in [0.25, 0.3) is 5.95 Å². The Morgan fingerprint density at radius 1 is 0.941 bits per heavy atom. The van der Waals surface area contributed by atoms with Crippen LogP contribution in [0.3, 0.4) is 0 Å². The van der Waals surface area contributed by atoms with Gasteiger partial charge in [-0.25, -0.2) is 0 Å². The van der Waals surface area contributed by atoms with Gasteiger partial charge in [-0.15, -0.1) is 18.3 Å². The third-order valence-electron chi connectivity index (χ3n) is 3.89. The van der Waals surface area contributed by atoms with Crippen molar-refractivity contribution < 1.29 is 35.8 Å². The molecule has 0 aliphatic carbocycles. The second kappa shape index (κ2) is 10.3. The molecular weight excluding hydrogens is 470 g/mol. The maximum absolute atomic E-state index is 12.9. The number of benzene rings is 2. The zero-order chi connectivity index (χ0) is 24.8. The van der Waals surface area contributed by atoms with E-state index in [4.69, 9.17) is 4.74 Å². The molecule has 1 N–H and O–H groups in total. The highest BCUT2D eigenvalue weighted by Gasteiger charge is 2.31. The fourth-order valence-electron chi connectivity index (χ4n) is 2.52. The number of aromatic nitrogens is 3. The van der Waals surface area contributed by atoms with Crippen molar-refractivity contribution in [1.82, 2.24) is 15.0 Å². The lowest BCUT2D eigenvalue weighted by atomic mass is 10.2. The summed E-state index contributed by atoms with van der Waals surface area (Å²) in [6.45, 7) is 1.87. The molecule has 8 nitrogen and oxygen atoms in total. The average Bonchev–Trinajstić information content (AvgIpc) is 2.74. The number of alkyl halides is 6. The van der Waals surface area contributed by atoms with Gasteiger partial charge in [-0.1, -0.05) is 18.2 Å². The molecule has 34 heavy (non-hydrogen) atoms. The molecule has 3 rings (SSSR count). The van der Waals surface area contributed by atoms with Gasteiger partial charge in [0.15, 0.2) is 0 Å². The monoisotopic (exact) mass is 486 g/mol. The second-order valence-electron chi connectivity index (χ2n) is 6.47. The van der Waals surface area contributed by atoms with E-state index in [1.807, 2.05) is 0 Å². The maximum atomic E-state index is 12.9. The van der Waals surface area contributed by atoms with Crippen molar-refractivity contribution in [2.45, 2.75) is 26.0 Å². The SMILES string of the molecule is CCOc1nc(N=NCc2ccc(OC(F)(F)F)cc2)nc(Nc2cccc(C(F)(F)F)c2)n1. The minimum Gasteiger partial charge on any atom is -0.464 e. The number of anilines is 2. The van der Waals surface area contributed by atoms with E-state index in [1.165, 1.54) is 24.3 Å². The van der Waals surface area contributed by atoms with Crippen LogP contribution in [0.2, 0.25) is 0 Å². The Bertz CT molecular complexity index is 1140. The lowest BCUT2D eigenvalue weighted by molar-refractivity contribution is -0.274. The van der Waals surface area contributed by atoms with Gasteiger partial charge in [0.2, 0.25) is 5.95 Å².